The Morgan fingerprint density at radius 3 is 1.85 bits per heavy atom. The maximum atomic E-state index is 9.64. The molecular formula is C7H11KN2O3. The second-order valence-electron chi connectivity index (χ2n) is 1.61. The molecule has 0 bridgehead atoms. The summed E-state index contributed by atoms with van der Waals surface area (Å²) in [6.45, 7) is 1.81. The minimum absolute atomic E-state index is 0. The van der Waals surface area contributed by atoms with Crippen LogP contribution in [-0.4, -0.2) is 12.0 Å². The van der Waals surface area contributed by atoms with E-state index in [2.05, 4.69) is 11.5 Å². The maximum absolute atomic E-state index is 9.64. The van der Waals surface area contributed by atoms with Crippen molar-refractivity contribution in [1.29, 1.82) is 0 Å². The average molecular weight is 210 g/mol. The Bertz CT molecular complexity index is 198. The Morgan fingerprint density at radius 2 is 1.62 bits per heavy atom. The number of hydrogen-bond donors (Lipinski definition) is 2. The molecule has 0 aliphatic carbocycles. The Kier molecular flexibility index (Phi) is 20.6. The van der Waals surface area contributed by atoms with Gasteiger partial charge in [0, 0.05) is 0 Å². The second-order valence-corrected chi connectivity index (χ2v) is 1.61. The molecule has 68 valence electrons. The first kappa shape index (κ1) is 18.6. The monoisotopic (exact) mass is 210 g/mol. The van der Waals surface area contributed by atoms with Crippen molar-refractivity contribution in [3.8, 4) is 0 Å². The molecule has 0 aromatic heterocycles. The molecule has 0 atom stereocenters. The van der Waals surface area contributed by atoms with Crippen LogP contribution in [0.3, 0.4) is 0 Å². The molecule has 6 heteroatoms. The van der Waals surface area contributed by atoms with Crippen LogP contribution in [0.1, 0.15) is 6.92 Å². The summed E-state index contributed by atoms with van der Waals surface area (Å²) in [5.41, 5.74) is 8.50. The van der Waals surface area contributed by atoms with Crippen LogP contribution in [0.25, 0.3) is 0 Å². The van der Waals surface area contributed by atoms with Gasteiger partial charge in [0.05, 0.1) is 5.97 Å². The van der Waals surface area contributed by atoms with E-state index in [1.807, 2.05) is 0 Å². The molecular weight excluding hydrogens is 199 g/mol. The van der Waals surface area contributed by atoms with Crippen molar-refractivity contribution in [3.63, 3.8) is 0 Å². The molecule has 0 saturated carbocycles. The SMILES string of the molecule is CC=CC=CC(=O)[O-].NC(N)=O.[K+]. The summed E-state index contributed by atoms with van der Waals surface area (Å²) in [6, 6.07) is -0.833. The van der Waals surface area contributed by atoms with E-state index in [4.69, 9.17) is 4.79 Å². The van der Waals surface area contributed by atoms with Gasteiger partial charge in [-0.1, -0.05) is 18.2 Å². The van der Waals surface area contributed by atoms with Crippen molar-refractivity contribution in [2.24, 2.45) is 11.5 Å². The van der Waals surface area contributed by atoms with Crippen LogP contribution < -0.4 is 68.0 Å². The first-order valence-corrected chi connectivity index (χ1v) is 3.06. The molecule has 0 spiro atoms. The Hall–Kier alpha value is -0.144. The van der Waals surface area contributed by atoms with Crippen molar-refractivity contribution in [2.45, 2.75) is 6.92 Å². The molecule has 0 fully saturated rings. The Labute approximate surface area is 119 Å². The Morgan fingerprint density at radius 1 is 1.23 bits per heavy atom. The van der Waals surface area contributed by atoms with Gasteiger partial charge in [-0.25, -0.2) is 4.79 Å². The first-order valence-electron chi connectivity index (χ1n) is 3.06. The third-order valence-electron chi connectivity index (χ3n) is 0.536. The van der Waals surface area contributed by atoms with Gasteiger partial charge in [0.2, 0.25) is 0 Å². The Balaban J connectivity index is -0.000000173. The van der Waals surface area contributed by atoms with Crippen molar-refractivity contribution in [3.05, 3.63) is 24.3 Å². The van der Waals surface area contributed by atoms with E-state index in [0.717, 1.165) is 6.08 Å². The third kappa shape index (κ3) is 48.8. The van der Waals surface area contributed by atoms with Gasteiger partial charge >= 0.3 is 57.4 Å². The standard InChI is InChI=1S/C6H8O2.CH4N2O.K/c1-2-3-4-5-6(7)8;2-1(3)4;/h2-5H,1H3,(H,7,8);(H4,2,3,4);/q;;+1/p-1. The zero-order chi connectivity index (χ0) is 9.98. The summed E-state index contributed by atoms with van der Waals surface area (Å²) >= 11 is 0. The van der Waals surface area contributed by atoms with E-state index in [-0.39, 0.29) is 51.4 Å². The molecule has 0 heterocycles. The third-order valence-corrected chi connectivity index (χ3v) is 0.536. The van der Waals surface area contributed by atoms with Gasteiger partial charge in [0.15, 0.2) is 0 Å². The topological polar surface area (TPSA) is 109 Å². The van der Waals surface area contributed by atoms with Gasteiger partial charge in [0.25, 0.3) is 0 Å². The van der Waals surface area contributed by atoms with E-state index < -0.39 is 12.0 Å². The van der Waals surface area contributed by atoms with Gasteiger partial charge in [-0.3, -0.25) is 0 Å². The van der Waals surface area contributed by atoms with Crippen LogP contribution in [-0.2, 0) is 4.79 Å². The molecule has 0 rings (SSSR count). The molecule has 13 heavy (non-hydrogen) atoms. The number of urea groups is 1. The second kappa shape index (κ2) is 14.4. The number of carboxylic acids is 1. The number of carbonyl (C=O) groups excluding carboxylic acids is 2. The van der Waals surface area contributed by atoms with Gasteiger partial charge in [0.1, 0.15) is 0 Å². The van der Waals surface area contributed by atoms with E-state index in [0.29, 0.717) is 0 Å². The number of nitrogens with two attached hydrogens (primary N) is 2. The molecule has 0 unspecified atom stereocenters. The first-order chi connectivity index (χ1) is 5.50. The minimum Gasteiger partial charge on any atom is -0.545 e. The summed E-state index contributed by atoms with van der Waals surface area (Å²) in [6.07, 6.45) is 5.74. The van der Waals surface area contributed by atoms with Gasteiger partial charge in [-0.05, 0) is 13.0 Å². The number of carbonyl (C=O) groups is 2. The summed E-state index contributed by atoms with van der Waals surface area (Å²) in [4.78, 5) is 18.6. The summed E-state index contributed by atoms with van der Waals surface area (Å²) in [5.74, 6) is -1.16. The molecule has 4 N–H and O–H groups in total. The quantitative estimate of drug-likeness (QED) is 0.274. The van der Waals surface area contributed by atoms with Crippen LogP contribution in [0.4, 0.5) is 4.79 Å². The molecule has 0 aromatic carbocycles. The number of aliphatic carboxylic acids is 1. The fourth-order valence-corrected chi connectivity index (χ4v) is 0.245. The van der Waals surface area contributed by atoms with E-state index in [1.54, 1.807) is 19.1 Å². The zero-order valence-electron chi connectivity index (χ0n) is 7.69. The number of amides is 2. The predicted molar refractivity (Wildman–Crippen MR) is 42.7 cm³/mol. The molecule has 5 nitrogen and oxygen atoms in total. The molecule has 0 aliphatic heterocycles. The average Bonchev–Trinajstić information content (AvgIpc) is 1.86. The minimum atomic E-state index is -1.16. The number of carboxylic acid groups (broad SMARTS) is 1. The normalized spacial score (nSPS) is 8.69. The summed E-state index contributed by atoms with van der Waals surface area (Å²) in [7, 11) is 0. The zero-order valence-corrected chi connectivity index (χ0v) is 10.8. The summed E-state index contributed by atoms with van der Waals surface area (Å²) < 4.78 is 0. The van der Waals surface area contributed by atoms with Crippen molar-refractivity contribution in [2.75, 3.05) is 0 Å². The maximum Gasteiger partial charge on any atom is 1.00 e. The molecule has 2 amide bonds. The van der Waals surface area contributed by atoms with E-state index in [1.165, 1.54) is 6.08 Å². The number of primary amides is 2. The van der Waals surface area contributed by atoms with Crippen LogP contribution >= 0.6 is 0 Å². The van der Waals surface area contributed by atoms with Crippen LogP contribution in [0.5, 0.6) is 0 Å². The van der Waals surface area contributed by atoms with Crippen molar-refractivity contribution >= 4 is 12.0 Å². The molecule has 0 aromatic rings. The number of allylic oxidation sites excluding steroid dienone is 3. The molecule has 0 saturated heterocycles. The fraction of sp³-hybridized carbons (Fsp3) is 0.143. The predicted octanol–water partition coefficient (Wildman–Crippen LogP) is -4.10. The van der Waals surface area contributed by atoms with Gasteiger partial charge < -0.3 is 21.4 Å². The molecule has 0 aliphatic rings. The largest absolute Gasteiger partial charge is 1.00 e. The van der Waals surface area contributed by atoms with Crippen LogP contribution in [0.15, 0.2) is 24.3 Å². The van der Waals surface area contributed by atoms with Crippen molar-refractivity contribution in [1.82, 2.24) is 0 Å². The number of hydrogen-bond acceptors (Lipinski definition) is 3. The number of rotatable bonds is 2. The van der Waals surface area contributed by atoms with Crippen LogP contribution in [0, 0.1) is 0 Å². The fourth-order valence-electron chi connectivity index (χ4n) is 0.245. The van der Waals surface area contributed by atoms with Gasteiger partial charge in [-0.15, -0.1) is 0 Å². The summed E-state index contributed by atoms with van der Waals surface area (Å²) in [5, 5.41) is 9.64. The van der Waals surface area contributed by atoms with Gasteiger partial charge in [-0.2, -0.15) is 0 Å². The van der Waals surface area contributed by atoms with E-state index >= 15 is 0 Å². The van der Waals surface area contributed by atoms with Crippen LogP contribution in [0.2, 0.25) is 0 Å². The smallest absolute Gasteiger partial charge is 0.545 e. The molecule has 0 radical (unpaired) electrons. The van der Waals surface area contributed by atoms with E-state index in [9.17, 15) is 9.90 Å². The van der Waals surface area contributed by atoms with Crippen molar-refractivity contribution < 1.29 is 66.1 Å².